The summed E-state index contributed by atoms with van der Waals surface area (Å²) < 4.78 is 28.7. The standard InChI is InChI=1S/C19H21ClN6O2S/c1-15-8-9-26(23-15)19-7-6-18(21-22-19)24-10-12-25(13-11-24)29(27,28)14-16-2-4-17(20)5-3-16/h2-9H,10-14H2,1H3. The Balaban J connectivity index is 1.38. The molecule has 0 aliphatic carbocycles. The van der Waals surface area contributed by atoms with Crippen molar-refractivity contribution < 1.29 is 8.42 Å². The highest BCUT2D eigenvalue weighted by Gasteiger charge is 2.27. The quantitative estimate of drug-likeness (QED) is 0.615. The molecule has 0 spiro atoms. The second-order valence-electron chi connectivity index (χ2n) is 6.92. The van der Waals surface area contributed by atoms with Gasteiger partial charge in [0, 0.05) is 37.4 Å². The fraction of sp³-hybridized carbons (Fsp3) is 0.316. The summed E-state index contributed by atoms with van der Waals surface area (Å²) in [5, 5.41) is 13.4. The van der Waals surface area contributed by atoms with Crippen LogP contribution in [0.4, 0.5) is 5.82 Å². The third-order valence-corrected chi connectivity index (χ3v) is 6.91. The van der Waals surface area contributed by atoms with Gasteiger partial charge in [-0.2, -0.15) is 9.40 Å². The Kier molecular flexibility index (Phi) is 5.53. The van der Waals surface area contributed by atoms with E-state index in [9.17, 15) is 8.42 Å². The van der Waals surface area contributed by atoms with Crippen LogP contribution in [0.25, 0.3) is 5.82 Å². The van der Waals surface area contributed by atoms with Gasteiger partial charge in [-0.15, -0.1) is 10.2 Å². The molecule has 1 fully saturated rings. The average molecular weight is 433 g/mol. The first-order chi connectivity index (χ1) is 13.9. The molecule has 0 N–H and O–H groups in total. The number of benzene rings is 1. The van der Waals surface area contributed by atoms with E-state index in [4.69, 9.17) is 11.6 Å². The highest BCUT2D eigenvalue weighted by atomic mass is 35.5. The van der Waals surface area contributed by atoms with Gasteiger partial charge in [0.05, 0.1) is 11.4 Å². The summed E-state index contributed by atoms with van der Waals surface area (Å²) in [5.74, 6) is 1.35. The van der Waals surface area contributed by atoms with Crippen LogP contribution in [0.3, 0.4) is 0 Å². The maximum atomic E-state index is 12.7. The van der Waals surface area contributed by atoms with E-state index in [0.717, 1.165) is 17.1 Å². The number of anilines is 1. The van der Waals surface area contributed by atoms with Crippen molar-refractivity contribution >= 4 is 27.4 Å². The number of sulfonamides is 1. The number of hydrogen-bond acceptors (Lipinski definition) is 6. The lowest BCUT2D eigenvalue weighted by molar-refractivity contribution is 0.383. The van der Waals surface area contributed by atoms with E-state index in [-0.39, 0.29) is 5.75 Å². The largest absolute Gasteiger partial charge is 0.352 e. The number of halogens is 1. The molecule has 0 radical (unpaired) electrons. The van der Waals surface area contributed by atoms with Gasteiger partial charge in [0.25, 0.3) is 0 Å². The van der Waals surface area contributed by atoms with E-state index in [2.05, 4.69) is 15.3 Å². The molecule has 1 aliphatic heterocycles. The van der Waals surface area contributed by atoms with E-state index < -0.39 is 10.0 Å². The SMILES string of the molecule is Cc1ccn(-c2ccc(N3CCN(S(=O)(=O)Cc4ccc(Cl)cc4)CC3)nn2)n1. The normalized spacial score (nSPS) is 15.6. The highest BCUT2D eigenvalue weighted by molar-refractivity contribution is 7.88. The van der Waals surface area contributed by atoms with Crippen LogP contribution in [0.5, 0.6) is 0 Å². The lowest BCUT2D eigenvalue weighted by atomic mass is 10.2. The van der Waals surface area contributed by atoms with Crippen LogP contribution >= 0.6 is 11.6 Å². The first kappa shape index (κ1) is 19.8. The predicted molar refractivity (Wildman–Crippen MR) is 112 cm³/mol. The van der Waals surface area contributed by atoms with Gasteiger partial charge in [0.2, 0.25) is 10.0 Å². The predicted octanol–water partition coefficient (Wildman–Crippen LogP) is 2.28. The van der Waals surface area contributed by atoms with E-state index in [1.807, 2.05) is 36.2 Å². The number of rotatable bonds is 5. The van der Waals surface area contributed by atoms with Gasteiger partial charge < -0.3 is 4.90 Å². The number of hydrogen-bond donors (Lipinski definition) is 0. The third-order valence-electron chi connectivity index (χ3n) is 4.81. The first-order valence-corrected chi connectivity index (χ1v) is 11.2. The molecule has 0 unspecified atom stereocenters. The molecule has 29 heavy (non-hydrogen) atoms. The van der Waals surface area contributed by atoms with Gasteiger partial charge in [-0.05, 0) is 42.8 Å². The number of nitrogens with zero attached hydrogens (tertiary/aromatic N) is 6. The summed E-state index contributed by atoms with van der Waals surface area (Å²) in [6.45, 7) is 3.87. The molecule has 4 rings (SSSR count). The Morgan fingerprint density at radius 1 is 0.931 bits per heavy atom. The third kappa shape index (κ3) is 4.58. The molecule has 0 bridgehead atoms. The van der Waals surface area contributed by atoms with E-state index in [0.29, 0.717) is 37.0 Å². The van der Waals surface area contributed by atoms with Gasteiger partial charge in [-0.1, -0.05) is 23.7 Å². The van der Waals surface area contributed by atoms with E-state index in [1.165, 1.54) is 4.31 Å². The zero-order valence-electron chi connectivity index (χ0n) is 15.9. The molecule has 2 aromatic heterocycles. The fourth-order valence-corrected chi connectivity index (χ4v) is 4.87. The zero-order chi connectivity index (χ0) is 20.4. The van der Waals surface area contributed by atoms with Gasteiger partial charge in [0.1, 0.15) is 0 Å². The van der Waals surface area contributed by atoms with Crippen molar-refractivity contribution in [1.29, 1.82) is 0 Å². The monoisotopic (exact) mass is 432 g/mol. The fourth-order valence-electron chi connectivity index (χ4n) is 3.23. The molecular weight excluding hydrogens is 412 g/mol. The highest BCUT2D eigenvalue weighted by Crippen LogP contribution is 2.19. The molecule has 3 aromatic rings. The van der Waals surface area contributed by atoms with Crippen LogP contribution < -0.4 is 4.90 Å². The average Bonchev–Trinajstić information content (AvgIpc) is 3.16. The molecule has 1 saturated heterocycles. The maximum Gasteiger partial charge on any atom is 0.218 e. The van der Waals surface area contributed by atoms with Crippen molar-refractivity contribution in [2.45, 2.75) is 12.7 Å². The van der Waals surface area contributed by atoms with Crippen LogP contribution in [-0.2, 0) is 15.8 Å². The van der Waals surface area contributed by atoms with E-state index in [1.54, 1.807) is 28.9 Å². The lowest BCUT2D eigenvalue weighted by Crippen LogP contribution is -2.49. The van der Waals surface area contributed by atoms with Crippen LogP contribution in [0, 0.1) is 6.92 Å². The van der Waals surface area contributed by atoms with Crippen molar-refractivity contribution in [3.8, 4) is 5.82 Å². The second-order valence-corrected chi connectivity index (χ2v) is 9.33. The maximum absolute atomic E-state index is 12.7. The minimum Gasteiger partial charge on any atom is -0.352 e. The van der Waals surface area contributed by atoms with Crippen molar-refractivity contribution in [1.82, 2.24) is 24.3 Å². The Morgan fingerprint density at radius 2 is 1.59 bits per heavy atom. The number of piperazine rings is 1. The Morgan fingerprint density at radius 3 is 2.17 bits per heavy atom. The van der Waals surface area contributed by atoms with Crippen LogP contribution in [0.2, 0.25) is 5.02 Å². The summed E-state index contributed by atoms with van der Waals surface area (Å²) >= 11 is 5.87. The Bertz CT molecular complexity index is 1070. The first-order valence-electron chi connectivity index (χ1n) is 9.24. The van der Waals surface area contributed by atoms with E-state index >= 15 is 0 Å². The van der Waals surface area contributed by atoms with Crippen molar-refractivity contribution in [2.75, 3.05) is 31.1 Å². The molecular formula is C19H21ClN6O2S. The van der Waals surface area contributed by atoms with Gasteiger partial charge in [0.15, 0.2) is 11.6 Å². The molecule has 0 atom stereocenters. The Hall–Kier alpha value is -2.49. The molecule has 1 aliphatic rings. The molecule has 1 aromatic carbocycles. The molecule has 3 heterocycles. The summed E-state index contributed by atoms with van der Waals surface area (Å²) in [5.41, 5.74) is 1.64. The number of aryl methyl sites for hydroxylation is 1. The van der Waals surface area contributed by atoms with Gasteiger partial charge in [-0.3, -0.25) is 0 Å². The smallest absolute Gasteiger partial charge is 0.218 e. The Labute approximate surface area is 174 Å². The summed E-state index contributed by atoms with van der Waals surface area (Å²) in [6, 6.07) is 12.5. The van der Waals surface area contributed by atoms with Crippen LogP contribution in [-0.4, -0.2) is 58.9 Å². The molecule has 8 nitrogen and oxygen atoms in total. The lowest BCUT2D eigenvalue weighted by Gasteiger charge is -2.34. The summed E-state index contributed by atoms with van der Waals surface area (Å²) in [4.78, 5) is 2.04. The topological polar surface area (TPSA) is 84.2 Å². The van der Waals surface area contributed by atoms with Gasteiger partial charge >= 0.3 is 0 Å². The van der Waals surface area contributed by atoms with Crippen LogP contribution in [0.1, 0.15) is 11.3 Å². The zero-order valence-corrected chi connectivity index (χ0v) is 17.5. The minimum atomic E-state index is -3.38. The summed E-state index contributed by atoms with van der Waals surface area (Å²) in [6.07, 6.45) is 1.84. The molecule has 152 valence electrons. The molecule has 0 saturated carbocycles. The minimum absolute atomic E-state index is 0.0258. The van der Waals surface area contributed by atoms with Gasteiger partial charge in [-0.25, -0.2) is 13.1 Å². The van der Waals surface area contributed by atoms with Crippen molar-refractivity contribution in [3.05, 3.63) is 64.9 Å². The molecule has 0 amide bonds. The number of aromatic nitrogens is 4. The summed E-state index contributed by atoms with van der Waals surface area (Å²) in [7, 11) is -3.38. The van der Waals surface area contributed by atoms with Crippen LogP contribution in [0.15, 0.2) is 48.7 Å². The van der Waals surface area contributed by atoms with Crippen molar-refractivity contribution in [2.24, 2.45) is 0 Å². The second kappa shape index (κ2) is 8.10. The molecule has 10 heteroatoms. The van der Waals surface area contributed by atoms with Crippen molar-refractivity contribution in [3.63, 3.8) is 0 Å².